The topological polar surface area (TPSA) is 105 Å². The Morgan fingerprint density at radius 2 is 1.67 bits per heavy atom. The van der Waals surface area contributed by atoms with Gasteiger partial charge in [0, 0.05) is 24.4 Å². The van der Waals surface area contributed by atoms with Crippen molar-refractivity contribution in [1.29, 1.82) is 0 Å². The smallest absolute Gasteiger partial charge is 0.350 e. The van der Waals surface area contributed by atoms with Gasteiger partial charge in [-0.25, -0.2) is 8.42 Å². The highest BCUT2D eigenvalue weighted by Crippen LogP contribution is 2.33. The standard InChI is InChI=1S/C22H26F3N3O4S/c1-20(2,3)19(30)28-17-9-10-26-12-16(17)18(29)27-13-21(4,5)33(31,32)15-8-6-7-14(11-15)22(23,24)25/h6-12H,13H2,1-5H3,(H,27,29)(H,26,28,30). The van der Waals surface area contributed by atoms with Gasteiger partial charge in [0.2, 0.25) is 5.91 Å². The molecule has 33 heavy (non-hydrogen) atoms. The van der Waals surface area contributed by atoms with Gasteiger partial charge < -0.3 is 10.6 Å². The fraction of sp³-hybridized carbons (Fsp3) is 0.409. The monoisotopic (exact) mass is 485 g/mol. The first-order chi connectivity index (χ1) is 15.0. The Bertz CT molecular complexity index is 1150. The van der Waals surface area contributed by atoms with Gasteiger partial charge in [0.15, 0.2) is 9.84 Å². The summed E-state index contributed by atoms with van der Waals surface area (Å²) in [4.78, 5) is 28.4. The van der Waals surface area contributed by atoms with E-state index in [1.54, 1.807) is 20.8 Å². The molecule has 0 radical (unpaired) electrons. The summed E-state index contributed by atoms with van der Waals surface area (Å²) in [6.45, 7) is 7.30. The molecule has 1 heterocycles. The van der Waals surface area contributed by atoms with Gasteiger partial charge >= 0.3 is 6.18 Å². The molecule has 2 rings (SSSR count). The molecule has 1 aromatic heterocycles. The predicted molar refractivity (Wildman–Crippen MR) is 117 cm³/mol. The van der Waals surface area contributed by atoms with Gasteiger partial charge in [0.1, 0.15) is 0 Å². The van der Waals surface area contributed by atoms with Gasteiger partial charge in [-0.1, -0.05) is 26.8 Å². The lowest BCUT2D eigenvalue weighted by molar-refractivity contribution is -0.137. The summed E-state index contributed by atoms with van der Waals surface area (Å²) in [7, 11) is -4.25. The number of carbonyl (C=O) groups excluding carboxylic acids is 2. The summed E-state index contributed by atoms with van der Waals surface area (Å²) >= 11 is 0. The molecule has 7 nitrogen and oxygen atoms in total. The molecular formula is C22H26F3N3O4S. The van der Waals surface area contributed by atoms with Gasteiger partial charge in [-0.15, -0.1) is 0 Å². The molecule has 0 fully saturated rings. The largest absolute Gasteiger partial charge is 0.416 e. The number of nitrogens with one attached hydrogen (secondary N) is 2. The normalized spacial score (nSPS) is 12.8. The molecule has 0 spiro atoms. The Hall–Kier alpha value is -2.95. The number of halogens is 3. The number of rotatable bonds is 6. The van der Waals surface area contributed by atoms with Crippen LogP contribution < -0.4 is 10.6 Å². The third-order valence-corrected chi connectivity index (χ3v) is 7.34. The number of benzene rings is 1. The minimum absolute atomic E-state index is 0.0161. The number of hydrogen-bond acceptors (Lipinski definition) is 5. The van der Waals surface area contributed by atoms with Crippen LogP contribution in [0.5, 0.6) is 0 Å². The fourth-order valence-corrected chi connectivity index (χ4v) is 4.08. The van der Waals surface area contributed by atoms with Crippen LogP contribution in [-0.4, -0.2) is 36.5 Å². The Morgan fingerprint density at radius 1 is 1.03 bits per heavy atom. The summed E-state index contributed by atoms with van der Waals surface area (Å²) in [6, 6.07) is 4.88. The van der Waals surface area contributed by atoms with Crippen molar-refractivity contribution in [1.82, 2.24) is 10.3 Å². The molecule has 2 N–H and O–H groups in total. The minimum atomic E-state index is -4.70. The minimum Gasteiger partial charge on any atom is -0.350 e. The lowest BCUT2D eigenvalue weighted by Crippen LogP contribution is -2.44. The second-order valence-electron chi connectivity index (χ2n) is 9.10. The van der Waals surface area contributed by atoms with E-state index < -0.39 is 49.1 Å². The average molecular weight is 486 g/mol. The summed E-state index contributed by atoms with van der Waals surface area (Å²) in [5, 5.41) is 5.12. The van der Waals surface area contributed by atoms with Crippen LogP contribution in [0.25, 0.3) is 0 Å². The van der Waals surface area contributed by atoms with E-state index in [9.17, 15) is 31.2 Å². The highest BCUT2D eigenvalue weighted by atomic mass is 32.2. The van der Waals surface area contributed by atoms with Crippen LogP contribution in [0.1, 0.15) is 50.5 Å². The summed E-state index contributed by atoms with van der Waals surface area (Å²) in [6.07, 6.45) is -2.09. The van der Waals surface area contributed by atoms with Crippen molar-refractivity contribution in [2.45, 2.75) is 50.4 Å². The van der Waals surface area contributed by atoms with E-state index in [1.807, 2.05) is 0 Å². The zero-order valence-corrected chi connectivity index (χ0v) is 19.7. The van der Waals surface area contributed by atoms with Gasteiger partial charge in [-0.2, -0.15) is 13.2 Å². The van der Waals surface area contributed by atoms with E-state index in [1.165, 1.54) is 32.3 Å². The first kappa shape index (κ1) is 26.3. The quantitative estimate of drug-likeness (QED) is 0.642. The zero-order valence-electron chi connectivity index (χ0n) is 18.9. The first-order valence-corrected chi connectivity index (χ1v) is 11.4. The van der Waals surface area contributed by atoms with Crippen LogP contribution in [0.2, 0.25) is 0 Å². The molecule has 0 saturated heterocycles. The molecule has 180 valence electrons. The van der Waals surface area contributed by atoms with Crippen molar-refractivity contribution >= 4 is 27.3 Å². The Balaban J connectivity index is 2.24. The third kappa shape index (κ3) is 6.10. The van der Waals surface area contributed by atoms with E-state index in [-0.39, 0.29) is 17.2 Å². The van der Waals surface area contributed by atoms with Gasteiger partial charge in [-0.05, 0) is 38.1 Å². The third-order valence-electron chi connectivity index (χ3n) is 4.87. The van der Waals surface area contributed by atoms with Crippen molar-refractivity contribution in [3.63, 3.8) is 0 Å². The number of pyridine rings is 1. The highest BCUT2D eigenvalue weighted by molar-refractivity contribution is 7.92. The number of anilines is 1. The fourth-order valence-electron chi connectivity index (χ4n) is 2.64. The molecular weight excluding hydrogens is 459 g/mol. The van der Waals surface area contributed by atoms with Crippen LogP contribution in [-0.2, 0) is 20.8 Å². The lowest BCUT2D eigenvalue weighted by atomic mass is 9.95. The number of sulfone groups is 1. The maximum atomic E-state index is 13.0. The van der Waals surface area contributed by atoms with Crippen molar-refractivity contribution < 1.29 is 31.2 Å². The molecule has 0 unspecified atom stereocenters. The Labute approximate surface area is 190 Å². The van der Waals surface area contributed by atoms with Gasteiger partial charge in [-0.3, -0.25) is 14.6 Å². The summed E-state index contributed by atoms with van der Waals surface area (Å²) in [5.74, 6) is -1.03. The molecule has 11 heteroatoms. The SMILES string of the molecule is CC(C)(C)C(=O)Nc1ccncc1C(=O)NCC(C)(C)S(=O)(=O)c1cccc(C(F)(F)F)c1. The second-order valence-corrected chi connectivity index (χ2v) is 11.7. The van der Waals surface area contributed by atoms with Crippen molar-refractivity contribution in [3.05, 3.63) is 53.9 Å². The van der Waals surface area contributed by atoms with Crippen LogP contribution in [0.3, 0.4) is 0 Å². The maximum absolute atomic E-state index is 13.0. The second kappa shape index (κ2) is 9.12. The predicted octanol–water partition coefficient (Wildman–Crippen LogP) is 4.07. The molecule has 2 amide bonds. The molecule has 1 aromatic carbocycles. The number of alkyl halides is 3. The van der Waals surface area contributed by atoms with E-state index in [0.717, 1.165) is 18.2 Å². The van der Waals surface area contributed by atoms with Crippen LogP contribution >= 0.6 is 0 Å². The van der Waals surface area contributed by atoms with Gasteiger partial charge in [0.05, 0.1) is 26.5 Å². The number of carbonyl (C=O) groups is 2. The molecule has 0 aliphatic heterocycles. The van der Waals surface area contributed by atoms with E-state index >= 15 is 0 Å². The van der Waals surface area contributed by atoms with Crippen LogP contribution in [0.4, 0.5) is 18.9 Å². The van der Waals surface area contributed by atoms with E-state index in [2.05, 4.69) is 15.6 Å². The van der Waals surface area contributed by atoms with E-state index in [0.29, 0.717) is 6.07 Å². The van der Waals surface area contributed by atoms with Crippen molar-refractivity contribution in [2.75, 3.05) is 11.9 Å². The Morgan fingerprint density at radius 3 is 2.24 bits per heavy atom. The number of hydrogen-bond donors (Lipinski definition) is 2. The number of nitrogens with zero attached hydrogens (tertiary/aromatic N) is 1. The highest BCUT2D eigenvalue weighted by Gasteiger charge is 2.38. The molecule has 0 aliphatic rings. The number of aromatic nitrogens is 1. The van der Waals surface area contributed by atoms with Crippen LogP contribution in [0, 0.1) is 5.41 Å². The van der Waals surface area contributed by atoms with Crippen molar-refractivity contribution in [2.24, 2.45) is 5.41 Å². The molecule has 0 saturated carbocycles. The maximum Gasteiger partial charge on any atom is 0.416 e. The van der Waals surface area contributed by atoms with Crippen molar-refractivity contribution in [3.8, 4) is 0 Å². The summed E-state index contributed by atoms with van der Waals surface area (Å²) < 4.78 is 63.4. The number of amides is 2. The Kier molecular flexibility index (Phi) is 7.27. The molecule has 0 atom stereocenters. The summed E-state index contributed by atoms with van der Waals surface area (Å²) in [5.41, 5.74) is -1.60. The van der Waals surface area contributed by atoms with Crippen LogP contribution in [0.15, 0.2) is 47.6 Å². The molecule has 2 aromatic rings. The lowest BCUT2D eigenvalue weighted by Gasteiger charge is -2.26. The van der Waals surface area contributed by atoms with Gasteiger partial charge in [0.25, 0.3) is 5.91 Å². The molecule has 0 bridgehead atoms. The zero-order chi connectivity index (χ0) is 25.2. The molecule has 0 aliphatic carbocycles. The van der Waals surface area contributed by atoms with E-state index in [4.69, 9.17) is 0 Å². The average Bonchev–Trinajstić information content (AvgIpc) is 2.71. The first-order valence-electron chi connectivity index (χ1n) is 9.92.